The molecule has 7 nitrogen and oxygen atoms in total. The first-order valence-corrected chi connectivity index (χ1v) is 9.14. The highest BCUT2D eigenvalue weighted by atomic mass is 16.2. The summed E-state index contributed by atoms with van der Waals surface area (Å²) in [5.41, 5.74) is 0.601. The number of rotatable bonds is 7. The number of carbonyl (C=O) groups is 3. The van der Waals surface area contributed by atoms with Crippen molar-refractivity contribution in [3.05, 3.63) is 35.9 Å². The molecule has 0 aliphatic carbocycles. The molecule has 0 fully saturated rings. The molecule has 1 rings (SSSR count). The van der Waals surface area contributed by atoms with Crippen molar-refractivity contribution < 1.29 is 14.4 Å². The first-order valence-electron chi connectivity index (χ1n) is 9.14. The van der Waals surface area contributed by atoms with Crippen LogP contribution in [0.15, 0.2) is 30.3 Å². The number of urea groups is 1. The molecule has 1 aromatic rings. The summed E-state index contributed by atoms with van der Waals surface area (Å²) in [5, 5.41) is 8.29. The minimum atomic E-state index is -0.715. The Labute approximate surface area is 161 Å². The van der Waals surface area contributed by atoms with Gasteiger partial charge in [0.05, 0.1) is 6.54 Å². The van der Waals surface area contributed by atoms with Crippen molar-refractivity contribution in [1.29, 1.82) is 0 Å². The van der Waals surface area contributed by atoms with Gasteiger partial charge in [0.25, 0.3) is 0 Å². The molecule has 7 heteroatoms. The Morgan fingerprint density at radius 3 is 2.19 bits per heavy atom. The van der Waals surface area contributed by atoms with Crippen LogP contribution in [0.25, 0.3) is 0 Å². The molecule has 0 saturated carbocycles. The minimum Gasteiger partial charge on any atom is -0.350 e. The Bertz CT molecular complexity index is 638. The summed E-state index contributed by atoms with van der Waals surface area (Å²) < 4.78 is 0. The lowest BCUT2D eigenvalue weighted by molar-refractivity contribution is -0.137. The number of carbonyl (C=O) groups excluding carboxylic acids is 3. The fraction of sp³-hybridized carbons (Fsp3) is 0.550. The number of hydrogen-bond acceptors (Lipinski definition) is 3. The lowest BCUT2D eigenvalue weighted by Gasteiger charge is -2.28. The average molecular weight is 377 g/mol. The van der Waals surface area contributed by atoms with Gasteiger partial charge in [-0.25, -0.2) is 4.79 Å². The van der Waals surface area contributed by atoms with E-state index in [0.717, 1.165) is 5.56 Å². The van der Waals surface area contributed by atoms with Gasteiger partial charge in [0.15, 0.2) is 0 Å². The predicted molar refractivity (Wildman–Crippen MR) is 106 cm³/mol. The van der Waals surface area contributed by atoms with E-state index in [2.05, 4.69) is 16.0 Å². The third kappa shape index (κ3) is 8.57. The number of amides is 4. The average Bonchev–Trinajstić information content (AvgIpc) is 2.56. The molecule has 1 aromatic carbocycles. The molecule has 0 radical (unpaired) electrons. The van der Waals surface area contributed by atoms with Crippen LogP contribution in [0.1, 0.15) is 40.2 Å². The van der Waals surface area contributed by atoms with Crippen molar-refractivity contribution in [1.82, 2.24) is 20.9 Å². The second kappa shape index (κ2) is 9.94. The van der Waals surface area contributed by atoms with Gasteiger partial charge in [-0.05, 0) is 32.3 Å². The largest absolute Gasteiger partial charge is 0.350 e. The minimum absolute atomic E-state index is 0.0629. The van der Waals surface area contributed by atoms with E-state index in [-0.39, 0.29) is 29.8 Å². The van der Waals surface area contributed by atoms with Crippen LogP contribution in [0, 0.1) is 5.92 Å². The number of nitrogens with one attached hydrogen (secondary N) is 3. The van der Waals surface area contributed by atoms with Crippen LogP contribution in [-0.4, -0.2) is 47.9 Å². The normalized spacial score (nSPS) is 12.3. The third-order valence-corrected chi connectivity index (χ3v) is 3.79. The van der Waals surface area contributed by atoms with Gasteiger partial charge in [0, 0.05) is 19.1 Å². The topological polar surface area (TPSA) is 90.5 Å². The van der Waals surface area contributed by atoms with Crippen LogP contribution in [0.3, 0.4) is 0 Å². The number of likely N-dealkylation sites (N-methyl/N-ethyl adjacent to an activating group) is 1. The van der Waals surface area contributed by atoms with Crippen LogP contribution >= 0.6 is 0 Å². The summed E-state index contributed by atoms with van der Waals surface area (Å²) in [5.74, 6) is -0.661. The van der Waals surface area contributed by atoms with Crippen molar-refractivity contribution >= 4 is 17.8 Å². The molecule has 1 atom stereocenters. The van der Waals surface area contributed by atoms with E-state index in [1.807, 2.05) is 65.0 Å². The molecule has 0 spiro atoms. The van der Waals surface area contributed by atoms with Gasteiger partial charge in [-0.15, -0.1) is 0 Å². The summed E-state index contributed by atoms with van der Waals surface area (Å²) in [6, 6.07) is 8.38. The first-order chi connectivity index (χ1) is 12.5. The lowest BCUT2D eigenvalue weighted by Crippen LogP contribution is -2.54. The summed E-state index contributed by atoms with van der Waals surface area (Å²) in [7, 11) is 1.56. The van der Waals surface area contributed by atoms with Crippen LogP contribution in [0.2, 0.25) is 0 Å². The van der Waals surface area contributed by atoms with Gasteiger partial charge >= 0.3 is 6.03 Å². The van der Waals surface area contributed by atoms with Crippen LogP contribution in [0.4, 0.5) is 4.79 Å². The molecule has 1 unspecified atom stereocenters. The monoisotopic (exact) mass is 376 g/mol. The van der Waals surface area contributed by atoms with E-state index in [9.17, 15) is 14.4 Å². The number of nitrogens with zero attached hydrogens (tertiary/aromatic N) is 1. The van der Waals surface area contributed by atoms with E-state index in [1.54, 1.807) is 7.05 Å². The highest BCUT2D eigenvalue weighted by molar-refractivity contribution is 5.90. The molecule has 0 bridgehead atoms. The molecule has 0 aliphatic heterocycles. The van der Waals surface area contributed by atoms with Crippen molar-refractivity contribution in [3.8, 4) is 0 Å². The molecular weight excluding hydrogens is 344 g/mol. The molecule has 4 amide bonds. The second-order valence-corrected chi connectivity index (χ2v) is 8.03. The second-order valence-electron chi connectivity index (χ2n) is 8.03. The van der Waals surface area contributed by atoms with E-state index >= 15 is 0 Å². The van der Waals surface area contributed by atoms with Crippen LogP contribution in [-0.2, 0) is 16.1 Å². The van der Waals surface area contributed by atoms with Crippen LogP contribution in [0.5, 0.6) is 0 Å². The Morgan fingerprint density at radius 1 is 1.07 bits per heavy atom. The molecule has 150 valence electrons. The highest BCUT2D eigenvalue weighted by Gasteiger charge is 2.28. The van der Waals surface area contributed by atoms with E-state index in [4.69, 9.17) is 0 Å². The standard InChI is InChI=1S/C20H32N4O3/c1-14(2)17(18(26)24(6)13-16(25)23-20(3,4)5)22-19(27)21-12-15-10-8-7-9-11-15/h7-11,14,17H,12-13H2,1-6H3,(H,23,25)(H2,21,22,27). The van der Waals surface area contributed by atoms with Gasteiger partial charge in [0.2, 0.25) is 11.8 Å². The van der Waals surface area contributed by atoms with Gasteiger partial charge in [-0.3, -0.25) is 9.59 Å². The van der Waals surface area contributed by atoms with Gasteiger partial charge in [-0.2, -0.15) is 0 Å². The fourth-order valence-electron chi connectivity index (χ4n) is 2.47. The molecule has 0 heterocycles. The number of benzene rings is 1. The fourth-order valence-corrected chi connectivity index (χ4v) is 2.47. The van der Waals surface area contributed by atoms with E-state index < -0.39 is 12.1 Å². The van der Waals surface area contributed by atoms with Gasteiger partial charge < -0.3 is 20.9 Å². The molecule has 27 heavy (non-hydrogen) atoms. The summed E-state index contributed by atoms with van der Waals surface area (Å²) in [4.78, 5) is 38.3. The number of hydrogen-bond donors (Lipinski definition) is 3. The smallest absolute Gasteiger partial charge is 0.315 e. The SMILES string of the molecule is CC(C)C(NC(=O)NCc1ccccc1)C(=O)N(C)CC(=O)NC(C)(C)C. The maximum Gasteiger partial charge on any atom is 0.315 e. The Balaban J connectivity index is 2.61. The van der Waals surface area contributed by atoms with Crippen molar-refractivity contribution in [3.63, 3.8) is 0 Å². The zero-order valence-corrected chi connectivity index (χ0v) is 17.1. The molecule has 0 saturated heterocycles. The third-order valence-electron chi connectivity index (χ3n) is 3.79. The molecule has 3 N–H and O–H groups in total. The van der Waals surface area contributed by atoms with Crippen molar-refractivity contribution in [2.75, 3.05) is 13.6 Å². The van der Waals surface area contributed by atoms with Gasteiger partial charge in [0.1, 0.15) is 6.04 Å². The lowest BCUT2D eigenvalue weighted by atomic mass is 10.0. The predicted octanol–water partition coefficient (Wildman–Crippen LogP) is 1.88. The Morgan fingerprint density at radius 2 is 1.67 bits per heavy atom. The maximum absolute atomic E-state index is 12.7. The highest BCUT2D eigenvalue weighted by Crippen LogP contribution is 2.06. The summed E-state index contributed by atoms with van der Waals surface area (Å²) in [6.45, 7) is 9.64. The van der Waals surface area contributed by atoms with Crippen LogP contribution < -0.4 is 16.0 Å². The quantitative estimate of drug-likeness (QED) is 0.679. The van der Waals surface area contributed by atoms with Crippen molar-refractivity contribution in [2.45, 2.75) is 52.7 Å². The van der Waals surface area contributed by atoms with E-state index in [1.165, 1.54) is 4.90 Å². The van der Waals surface area contributed by atoms with E-state index in [0.29, 0.717) is 6.54 Å². The van der Waals surface area contributed by atoms with Gasteiger partial charge in [-0.1, -0.05) is 44.2 Å². The molecule has 0 aliphatic rings. The zero-order valence-electron chi connectivity index (χ0n) is 17.1. The zero-order chi connectivity index (χ0) is 20.6. The first kappa shape index (κ1) is 22.5. The van der Waals surface area contributed by atoms with Crippen molar-refractivity contribution in [2.24, 2.45) is 5.92 Å². The summed E-state index contributed by atoms with van der Waals surface area (Å²) in [6.07, 6.45) is 0. The molecule has 0 aromatic heterocycles. The summed E-state index contributed by atoms with van der Waals surface area (Å²) >= 11 is 0. The Kier molecular flexibility index (Phi) is 8.28. The Hall–Kier alpha value is -2.57. The molecular formula is C20H32N4O3. The maximum atomic E-state index is 12.7.